The molecule has 4 aliphatic rings. The summed E-state index contributed by atoms with van der Waals surface area (Å²) in [5.74, 6) is 0.195. The summed E-state index contributed by atoms with van der Waals surface area (Å²) in [6, 6.07) is 29.4. The van der Waals surface area contributed by atoms with Crippen molar-refractivity contribution < 1.29 is 33.7 Å². The van der Waals surface area contributed by atoms with Crippen molar-refractivity contribution in [2.75, 3.05) is 36.7 Å². The van der Waals surface area contributed by atoms with E-state index in [1.807, 2.05) is 72.8 Å². The van der Waals surface area contributed by atoms with Crippen LogP contribution in [0.5, 0.6) is 5.75 Å². The van der Waals surface area contributed by atoms with E-state index in [0.717, 1.165) is 43.9 Å². The van der Waals surface area contributed by atoms with E-state index >= 15 is 4.79 Å². The molecule has 8 rings (SSSR count). The number of methoxy groups -OCH3 is 1. The standard InChI is InChI=1S/C43H46BrN3O7Si/c1-27-40(55(3,4)35-15-13-34(52-2)14-16-35)38(23-39(49)46-25-30-10-6-5-9-29(30)21-33(46)26-48)54-43(27)36-22-31(44)12-17-37(36)47(41(43)50)24-28-8-7-11-32(20-28)45-18-19-53-42(45)51/h5-17,20,22,27,33,38,40,48H,18-19,21,23-26H2,1-4H3/t27-,33-,38+,40-,43+/m0/s1. The Morgan fingerprint density at radius 3 is 2.47 bits per heavy atom. The minimum Gasteiger partial charge on any atom is -0.497 e. The summed E-state index contributed by atoms with van der Waals surface area (Å²) in [5, 5.41) is 11.7. The molecule has 0 bridgehead atoms. The van der Waals surface area contributed by atoms with Gasteiger partial charge in [0.05, 0.1) is 59.1 Å². The smallest absolute Gasteiger partial charge is 0.414 e. The molecule has 4 heterocycles. The van der Waals surface area contributed by atoms with E-state index in [2.05, 4.69) is 54.1 Å². The van der Waals surface area contributed by atoms with Gasteiger partial charge in [-0.25, -0.2) is 4.79 Å². The third kappa shape index (κ3) is 6.36. The number of ether oxygens (including phenoxy) is 3. The maximum Gasteiger partial charge on any atom is 0.414 e. The number of amides is 3. The number of fused-ring (bicyclic) bond motifs is 3. The van der Waals surface area contributed by atoms with E-state index in [1.165, 1.54) is 5.19 Å². The quantitative estimate of drug-likeness (QED) is 0.192. The van der Waals surface area contributed by atoms with Crippen LogP contribution < -0.4 is 19.7 Å². The van der Waals surface area contributed by atoms with E-state index in [-0.39, 0.29) is 55.0 Å². The molecule has 55 heavy (non-hydrogen) atoms. The first-order valence-corrected chi connectivity index (χ1v) is 22.8. The molecule has 4 aromatic rings. The lowest BCUT2D eigenvalue weighted by atomic mass is 9.82. The van der Waals surface area contributed by atoms with Crippen LogP contribution in [0.2, 0.25) is 18.6 Å². The zero-order valence-corrected chi connectivity index (χ0v) is 34.1. The van der Waals surface area contributed by atoms with Gasteiger partial charge in [-0.1, -0.05) is 89.7 Å². The minimum atomic E-state index is -2.52. The maximum absolute atomic E-state index is 15.3. The molecule has 0 saturated carbocycles. The van der Waals surface area contributed by atoms with Crippen molar-refractivity contribution in [3.05, 3.63) is 118 Å². The highest BCUT2D eigenvalue weighted by Crippen LogP contribution is 2.60. The second kappa shape index (κ2) is 14.5. The summed E-state index contributed by atoms with van der Waals surface area (Å²) in [7, 11) is -0.872. The average Bonchev–Trinajstić information content (AvgIpc) is 3.82. The molecule has 4 aliphatic heterocycles. The van der Waals surface area contributed by atoms with Crippen molar-refractivity contribution in [3.8, 4) is 5.75 Å². The fourth-order valence-corrected chi connectivity index (χ4v) is 14.0. The number of aliphatic hydroxyl groups is 1. The van der Waals surface area contributed by atoms with Crippen LogP contribution in [-0.4, -0.2) is 75.0 Å². The first-order valence-electron chi connectivity index (χ1n) is 18.9. The van der Waals surface area contributed by atoms with Gasteiger partial charge in [-0.05, 0) is 71.1 Å². The summed E-state index contributed by atoms with van der Waals surface area (Å²) in [6.45, 7) is 8.06. The van der Waals surface area contributed by atoms with Gasteiger partial charge in [-0.2, -0.15) is 0 Å². The number of rotatable bonds is 9. The van der Waals surface area contributed by atoms with Gasteiger partial charge in [0.1, 0.15) is 12.4 Å². The summed E-state index contributed by atoms with van der Waals surface area (Å²) in [5.41, 5.74) is 3.84. The molecule has 10 nitrogen and oxygen atoms in total. The summed E-state index contributed by atoms with van der Waals surface area (Å²) < 4.78 is 18.8. The first-order chi connectivity index (χ1) is 26.5. The van der Waals surface area contributed by atoms with Gasteiger partial charge in [0, 0.05) is 28.2 Å². The van der Waals surface area contributed by atoms with E-state index < -0.39 is 19.8 Å². The highest BCUT2D eigenvalue weighted by Gasteiger charge is 2.66. The van der Waals surface area contributed by atoms with Gasteiger partial charge in [0.2, 0.25) is 5.91 Å². The molecule has 0 unspecified atom stereocenters. The Labute approximate surface area is 331 Å². The van der Waals surface area contributed by atoms with Gasteiger partial charge in [0.25, 0.3) is 5.91 Å². The number of hydrogen-bond donors (Lipinski definition) is 1. The second-order valence-electron chi connectivity index (χ2n) is 15.7. The zero-order valence-electron chi connectivity index (χ0n) is 31.5. The molecule has 0 radical (unpaired) electrons. The number of nitrogens with zero attached hydrogens (tertiary/aromatic N) is 3. The van der Waals surface area contributed by atoms with Crippen molar-refractivity contribution in [3.63, 3.8) is 0 Å². The van der Waals surface area contributed by atoms with Crippen LogP contribution in [0.1, 0.15) is 35.6 Å². The summed E-state index contributed by atoms with van der Waals surface area (Å²) in [4.78, 5) is 47.5. The SMILES string of the molecule is COc1ccc([Si](C)(C)[C@@H]2[C@@H](CC(=O)N3Cc4ccccc4C[C@H]3CO)O[C@]3(C(=O)N(Cc4cccc(N5CCOC5=O)c4)c4ccc(Br)cc43)[C@H]2C)cc1. The number of anilines is 2. The molecule has 1 spiro atoms. The molecule has 0 aromatic heterocycles. The largest absolute Gasteiger partial charge is 0.497 e. The van der Waals surface area contributed by atoms with Crippen LogP contribution in [0.15, 0.2) is 95.5 Å². The van der Waals surface area contributed by atoms with Crippen molar-refractivity contribution in [1.82, 2.24) is 4.90 Å². The Balaban J connectivity index is 1.18. The van der Waals surface area contributed by atoms with Crippen LogP contribution in [0.25, 0.3) is 0 Å². The predicted octanol–water partition coefficient (Wildman–Crippen LogP) is 6.51. The first kappa shape index (κ1) is 37.4. The fraction of sp³-hybridized carbons (Fsp3) is 0.372. The number of carbonyl (C=O) groups is 3. The fourth-order valence-electron chi connectivity index (χ4n) is 9.61. The number of cyclic esters (lactones) is 1. The molecule has 2 saturated heterocycles. The number of aliphatic hydroxyl groups excluding tert-OH is 1. The molecule has 4 aromatic carbocycles. The van der Waals surface area contributed by atoms with Crippen molar-refractivity contribution in [2.24, 2.45) is 5.92 Å². The lowest BCUT2D eigenvalue weighted by molar-refractivity contribution is -0.151. The maximum atomic E-state index is 15.3. The number of hydrogen-bond acceptors (Lipinski definition) is 7. The van der Waals surface area contributed by atoms with E-state index in [4.69, 9.17) is 14.2 Å². The molecule has 286 valence electrons. The summed E-state index contributed by atoms with van der Waals surface area (Å²) in [6.07, 6.45) is -0.310. The molecule has 1 N–H and O–H groups in total. The van der Waals surface area contributed by atoms with Crippen molar-refractivity contribution >= 4 is 58.5 Å². The monoisotopic (exact) mass is 823 g/mol. The normalized spacial score (nSPS) is 24.7. The molecule has 5 atom stereocenters. The van der Waals surface area contributed by atoms with Gasteiger partial charge in [-0.15, -0.1) is 0 Å². The Kier molecular flexibility index (Phi) is 9.90. The number of benzene rings is 4. The van der Waals surface area contributed by atoms with Crippen LogP contribution in [0.4, 0.5) is 16.2 Å². The molecule has 0 aliphatic carbocycles. The molecule has 3 amide bonds. The number of halogens is 1. The van der Waals surface area contributed by atoms with E-state index in [1.54, 1.807) is 21.8 Å². The predicted molar refractivity (Wildman–Crippen MR) is 216 cm³/mol. The zero-order chi connectivity index (χ0) is 38.6. The Morgan fingerprint density at radius 2 is 1.76 bits per heavy atom. The van der Waals surface area contributed by atoms with E-state index in [0.29, 0.717) is 26.1 Å². The molecular weight excluding hydrogens is 778 g/mol. The molecule has 2 fully saturated rings. The van der Waals surface area contributed by atoms with Gasteiger partial charge < -0.3 is 29.1 Å². The highest BCUT2D eigenvalue weighted by atomic mass is 79.9. The number of carbonyl (C=O) groups excluding carboxylic acids is 3. The van der Waals surface area contributed by atoms with Crippen LogP contribution in [0.3, 0.4) is 0 Å². The summed E-state index contributed by atoms with van der Waals surface area (Å²) >= 11 is 3.69. The van der Waals surface area contributed by atoms with E-state index in [9.17, 15) is 14.7 Å². The van der Waals surface area contributed by atoms with Crippen LogP contribution in [0, 0.1) is 5.92 Å². The lowest BCUT2D eigenvalue weighted by Crippen LogP contribution is -2.52. The highest BCUT2D eigenvalue weighted by molar-refractivity contribution is 9.10. The van der Waals surface area contributed by atoms with Crippen molar-refractivity contribution in [1.29, 1.82) is 0 Å². The van der Waals surface area contributed by atoms with Gasteiger partial charge >= 0.3 is 6.09 Å². The Hall–Kier alpha value is -4.49. The topological polar surface area (TPSA) is 109 Å². The third-order valence-electron chi connectivity index (χ3n) is 12.4. The van der Waals surface area contributed by atoms with Crippen molar-refractivity contribution in [2.45, 2.75) is 69.2 Å². The van der Waals surface area contributed by atoms with Gasteiger partial charge in [0.15, 0.2) is 5.60 Å². The van der Waals surface area contributed by atoms with Crippen LogP contribution in [-0.2, 0) is 44.2 Å². The Bertz CT molecular complexity index is 2150. The Morgan fingerprint density at radius 1 is 1.00 bits per heavy atom. The molecular formula is C43H46BrN3O7Si. The third-order valence-corrected chi connectivity index (χ3v) is 17.2. The lowest BCUT2D eigenvalue weighted by Gasteiger charge is -2.39. The average molecular weight is 825 g/mol. The molecule has 12 heteroatoms. The van der Waals surface area contributed by atoms with Crippen LogP contribution >= 0.6 is 15.9 Å². The second-order valence-corrected chi connectivity index (χ2v) is 21.3. The minimum absolute atomic E-state index is 0.0760. The van der Waals surface area contributed by atoms with Gasteiger partial charge in [-0.3, -0.25) is 14.5 Å².